The van der Waals surface area contributed by atoms with E-state index in [2.05, 4.69) is 11.8 Å². The zero-order chi connectivity index (χ0) is 12.8. The summed E-state index contributed by atoms with van der Waals surface area (Å²) < 4.78 is 0. The molecule has 1 fully saturated rings. The Bertz CT molecular complexity index is 379. The first-order chi connectivity index (χ1) is 8.77. The molecule has 0 saturated carbocycles. The predicted octanol–water partition coefficient (Wildman–Crippen LogP) is 3.43. The maximum atomic E-state index is 11.9. The predicted molar refractivity (Wildman–Crippen MR) is 78.1 cm³/mol. The molecule has 1 atom stereocenters. The second kappa shape index (κ2) is 6.95. The van der Waals surface area contributed by atoms with Crippen molar-refractivity contribution in [2.75, 3.05) is 18.8 Å². The van der Waals surface area contributed by atoms with Crippen LogP contribution in [0.15, 0.2) is 30.3 Å². The third kappa shape index (κ3) is 3.85. The Labute approximate surface area is 114 Å². The Morgan fingerprint density at radius 1 is 1.33 bits per heavy atom. The van der Waals surface area contributed by atoms with Crippen LogP contribution in [0.4, 0.5) is 0 Å². The first kappa shape index (κ1) is 13.6. The summed E-state index contributed by atoms with van der Waals surface area (Å²) in [4.78, 5) is 14.4. The van der Waals surface area contributed by atoms with E-state index in [0.717, 1.165) is 17.9 Å². The standard InChI is InChI=1S/C15H21NOS/c1-13-7-5-6-10-16(13)11-12-18-15(17)14-8-3-2-4-9-14/h2-4,8-9,13H,5-7,10-12H2,1H3. The molecule has 0 N–H and O–H groups in total. The van der Waals surface area contributed by atoms with Crippen LogP contribution in [0.2, 0.25) is 0 Å². The largest absolute Gasteiger partial charge is 0.300 e. The lowest BCUT2D eigenvalue weighted by molar-refractivity contribution is 0.108. The Morgan fingerprint density at radius 2 is 2.11 bits per heavy atom. The molecule has 1 heterocycles. The Morgan fingerprint density at radius 3 is 2.83 bits per heavy atom. The number of rotatable bonds is 4. The van der Waals surface area contributed by atoms with Gasteiger partial charge in [0.1, 0.15) is 0 Å². The van der Waals surface area contributed by atoms with Gasteiger partial charge in [-0.1, -0.05) is 48.5 Å². The van der Waals surface area contributed by atoms with Crippen molar-refractivity contribution in [2.24, 2.45) is 0 Å². The van der Waals surface area contributed by atoms with Gasteiger partial charge in [0.15, 0.2) is 0 Å². The summed E-state index contributed by atoms with van der Waals surface area (Å²) in [6.07, 6.45) is 3.96. The monoisotopic (exact) mass is 263 g/mol. The van der Waals surface area contributed by atoms with Crippen LogP contribution in [0.5, 0.6) is 0 Å². The van der Waals surface area contributed by atoms with Crippen molar-refractivity contribution < 1.29 is 4.79 Å². The van der Waals surface area contributed by atoms with E-state index in [4.69, 9.17) is 0 Å². The fourth-order valence-corrected chi connectivity index (χ4v) is 3.22. The number of nitrogens with zero attached hydrogens (tertiary/aromatic N) is 1. The van der Waals surface area contributed by atoms with E-state index in [1.165, 1.54) is 37.6 Å². The van der Waals surface area contributed by atoms with Gasteiger partial charge >= 0.3 is 0 Å². The van der Waals surface area contributed by atoms with Crippen LogP contribution in [-0.4, -0.2) is 34.9 Å². The van der Waals surface area contributed by atoms with E-state index in [1.54, 1.807) is 0 Å². The van der Waals surface area contributed by atoms with E-state index < -0.39 is 0 Å². The Hall–Kier alpha value is -0.800. The topological polar surface area (TPSA) is 20.3 Å². The summed E-state index contributed by atoms with van der Waals surface area (Å²) in [5.41, 5.74) is 0.814. The first-order valence-corrected chi connectivity index (χ1v) is 7.72. The van der Waals surface area contributed by atoms with Crippen molar-refractivity contribution in [1.82, 2.24) is 4.90 Å². The molecule has 1 saturated heterocycles. The highest BCUT2D eigenvalue weighted by Crippen LogP contribution is 2.18. The van der Waals surface area contributed by atoms with Gasteiger partial charge in [-0.05, 0) is 26.3 Å². The van der Waals surface area contributed by atoms with Gasteiger partial charge in [-0.25, -0.2) is 0 Å². The highest BCUT2D eigenvalue weighted by atomic mass is 32.2. The van der Waals surface area contributed by atoms with E-state index in [9.17, 15) is 4.79 Å². The molecule has 0 bridgehead atoms. The average Bonchev–Trinajstić information content (AvgIpc) is 2.42. The SMILES string of the molecule is CC1CCCCN1CCSC(=O)c1ccccc1. The molecule has 0 amide bonds. The smallest absolute Gasteiger partial charge is 0.219 e. The Balaban J connectivity index is 1.73. The molecule has 98 valence electrons. The number of carbonyl (C=O) groups excluding carboxylic acids is 1. The van der Waals surface area contributed by atoms with Gasteiger partial charge in [0.05, 0.1) is 0 Å². The number of benzene rings is 1. The molecule has 0 aliphatic carbocycles. The zero-order valence-corrected chi connectivity index (χ0v) is 11.8. The second-order valence-electron chi connectivity index (χ2n) is 4.88. The minimum atomic E-state index is 0.195. The van der Waals surface area contributed by atoms with Crippen molar-refractivity contribution in [3.8, 4) is 0 Å². The fourth-order valence-electron chi connectivity index (χ4n) is 2.40. The summed E-state index contributed by atoms with van der Waals surface area (Å²) >= 11 is 1.44. The molecule has 0 spiro atoms. The summed E-state index contributed by atoms with van der Waals surface area (Å²) in [6, 6.07) is 10.2. The van der Waals surface area contributed by atoms with E-state index in [1.807, 2.05) is 30.3 Å². The van der Waals surface area contributed by atoms with Crippen LogP contribution in [-0.2, 0) is 0 Å². The first-order valence-electron chi connectivity index (χ1n) is 6.73. The number of piperidine rings is 1. The number of hydrogen-bond donors (Lipinski definition) is 0. The highest BCUT2D eigenvalue weighted by molar-refractivity contribution is 8.14. The maximum Gasteiger partial charge on any atom is 0.219 e. The van der Waals surface area contributed by atoms with Gasteiger partial charge in [-0.15, -0.1) is 0 Å². The van der Waals surface area contributed by atoms with Crippen molar-refractivity contribution >= 4 is 16.9 Å². The van der Waals surface area contributed by atoms with Gasteiger partial charge in [-0.3, -0.25) is 9.69 Å². The number of carbonyl (C=O) groups is 1. The molecule has 1 aliphatic rings. The van der Waals surface area contributed by atoms with E-state index in [-0.39, 0.29) is 5.12 Å². The molecule has 1 aromatic rings. The third-order valence-corrected chi connectivity index (χ3v) is 4.45. The van der Waals surface area contributed by atoms with Gasteiger partial charge in [0.25, 0.3) is 0 Å². The van der Waals surface area contributed by atoms with Crippen LogP contribution < -0.4 is 0 Å². The average molecular weight is 263 g/mol. The van der Waals surface area contributed by atoms with E-state index in [0.29, 0.717) is 6.04 Å². The fraction of sp³-hybridized carbons (Fsp3) is 0.533. The summed E-state index contributed by atoms with van der Waals surface area (Å²) in [5, 5.41) is 0.195. The molecule has 0 radical (unpaired) electrons. The molecule has 0 aromatic heterocycles. The second-order valence-corrected chi connectivity index (χ2v) is 5.95. The van der Waals surface area contributed by atoms with Crippen LogP contribution in [0, 0.1) is 0 Å². The minimum Gasteiger partial charge on any atom is -0.300 e. The molecule has 1 aliphatic heterocycles. The highest BCUT2D eigenvalue weighted by Gasteiger charge is 2.17. The summed E-state index contributed by atoms with van der Waals surface area (Å²) in [6.45, 7) is 4.52. The third-order valence-electron chi connectivity index (χ3n) is 3.56. The lowest BCUT2D eigenvalue weighted by atomic mass is 10.0. The van der Waals surface area contributed by atoms with Crippen LogP contribution in [0.1, 0.15) is 36.5 Å². The lowest BCUT2D eigenvalue weighted by Crippen LogP contribution is -2.38. The summed E-state index contributed by atoms with van der Waals surface area (Å²) in [5.74, 6) is 0.901. The molecule has 2 nitrogen and oxygen atoms in total. The van der Waals surface area contributed by atoms with Crippen LogP contribution >= 0.6 is 11.8 Å². The maximum absolute atomic E-state index is 11.9. The van der Waals surface area contributed by atoms with Gasteiger partial charge < -0.3 is 0 Å². The van der Waals surface area contributed by atoms with E-state index >= 15 is 0 Å². The quantitative estimate of drug-likeness (QED) is 0.830. The molecule has 1 aromatic carbocycles. The molecule has 2 rings (SSSR count). The molecule has 3 heteroatoms. The van der Waals surface area contributed by atoms with Crippen LogP contribution in [0.25, 0.3) is 0 Å². The van der Waals surface area contributed by atoms with Gasteiger partial charge in [-0.2, -0.15) is 0 Å². The molecular weight excluding hydrogens is 242 g/mol. The summed E-state index contributed by atoms with van der Waals surface area (Å²) in [7, 11) is 0. The van der Waals surface area contributed by atoms with Crippen molar-refractivity contribution in [1.29, 1.82) is 0 Å². The van der Waals surface area contributed by atoms with Crippen LogP contribution in [0.3, 0.4) is 0 Å². The van der Waals surface area contributed by atoms with Crippen molar-refractivity contribution in [3.05, 3.63) is 35.9 Å². The normalized spacial score (nSPS) is 20.8. The van der Waals surface area contributed by atoms with Gasteiger partial charge in [0.2, 0.25) is 5.12 Å². The Kier molecular flexibility index (Phi) is 5.26. The number of thioether (sulfide) groups is 1. The van der Waals surface area contributed by atoms with Crippen molar-refractivity contribution in [2.45, 2.75) is 32.2 Å². The zero-order valence-electron chi connectivity index (χ0n) is 11.0. The number of hydrogen-bond acceptors (Lipinski definition) is 3. The van der Waals surface area contributed by atoms with Gasteiger partial charge in [0, 0.05) is 23.9 Å². The number of likely N-dealkylation sites (tertiary alicyclic amines) is 1. The molecule has 18 heavy (non-hydrogen) atoms. The lowest BCUT2D eigenvalue weighted by Gasteiger charge is -2.33. The molecule has 1 unspecified atom stereocenters. The minimum absolute atomic E-state index is 0.195. The molecular formula is C15H21NOS. The van der Waals surface area contributed by atoms with Crippen molar-refractivity contribution in [3.63, 3.8) is 0 Å².